The van der Waals surface area contributed by atoms with Crippen LogP contribution in [0.2, 0.25) is 5.02 Å². The van der Waals surface area contributed by atoms with Gasteiger partial charge in [0.2, 0.25) is 0 Å². The molecule has 1 saturated carbocycles. The predicted octanol–water partition coefficient (Wildman–Crippen LogP) is 4.73. The average molecular weight is 357 g/mol. The van der Waals surface area contributed by atoms with E-state index >= 15 is 0 Å². The Morgan fingerprint density at radius 2 is 2.12 bits per heavy atom. The lowest BCUT2D eigenvalue weighted by Gasteiger charge is -2.37. The molecular weight excluding hydrogens is 339 g/mol. The lowest BCUT2D eigenvalue weighted by atomic mass is 9.88. The molecule has 1 N–H and O–H groups in total. The molecule has 0 unspecified atom stereocenters. The van der Waals surface area contributed by atoms with E-state index in [2.05, 4.69) is 28.5 Å². The number of fused-ring (bicyclic) bond motifs is 1. The summed E-state index contributed by atoms with van der Waals surface area (Å²) in [6.45, 7) is 0.774. The fraction of sp³-hybridized carbons (Fsp3) is 0.250. The first-order chi connectivity index (χ1) is 12.2. The summed E-state index contributed by atoms with van der Waals surface area (Å²) in [5, 5.41) is 6.02. The topological polar surface area (TPSA) is 34.1 Å². The van der Waals surface area contributed by atoms with E-state index in [9.17, 15) is 4.39 Å². The average Bonchev–Trinajstić information content (AvgIpc) is 2.62. The molecule has 2 aromatic carbocycles. The highest BCUT2D eigenvalue weighted by Crippen LogP contribution is 2.29. The number of rotatable bonds is 5. The van der Waals surface area contributed by atoms with Gasteiger partial charge < -0.3 is 10.1 Å². The molecule has 1 aliphatic carbocycles. The molecule has 0 spiro atoms. The van der Waals surface area contributed by atoms with Gasteiger partial charge in [0.1, 0.15) is 17.7 Å². The summed E-state index contributed by atoms with van der Waals surface area (Å²) in [7, 11) is 0. The van der Waals surface area contributed by atoms with Crippen molar-refractivity contribution in [2.24, 2.45) is 0 Å². The highest BCUT2D eigenvalue weighted by atomic mass is 35.5. The largest absolute Gasteiger partial charge is 0.489 e. The van der Waals surface area contributed by atoms with Crippen LogP contribution in [-0.2, 0) is 6.54 Å². The monoisotopic (exact) mass is 356 g/mol. The Bertz CT molecular complexity index is 897. The van der Waals surface area contributed by atoms with Crippen LogP contribution in [-0.4, -0.2) is 17.1 Å². The van der Waals surface area contributed by atoms with E-state index in [-0.39, 0.29) is 17.2 Å². The molecule has 5 heteroatoms. The maximum Gasteiger partial charge on any atom is 0.142 e. The minimum absolute atomic E-state index is 0.0816. The SMILES string of the molecule is Fc1ccc(O[C@@H]2CC[C@H]2NCc2cccc3cnccc23)cc1Cl. The van der Waals surface area contributed by atoms with Crippen molar-refractivity contribution in [3.8, 4) is 5.75 Å². The molecule has 1 aliphatic rings. The van der Waals surface area contributed by atoms with E-state index in [4.69, 9.17) is 16.3 Å². The fourth-order valence-electron chi connectivity index (χ4n) is 3.15. The van der Waals surface area contributed by atoms with Gasteiger partial charge in [0.15, 0.2) is 0 Å². The summed E-state index contributed by atoms with van der Waals surface area (Å²) in [4.78, 5) is 4.17. The van der Waals surface area contributed by atoms with Crippen LogP contribution in [0.15, 0.2) is 54.9 Å². The van der Waals surface area contributed by atoms with E-state index in [1.54, 1.807) is 6.07 Å². The van der Waals surface area contributed by atoms with Crippen LogP contribution in [0.4, 0.5) is 4.39 Å². The minimum atomic E-state index is -0.428. The summed E-state index contributed by atoms with van der Waals surface area (Å²) in [5.41, 5.74) is 1.25. The second kappa shape index (κ2) is 6.98. The molecule has 1 aromatic heterocycles. The van der Waals surface area contributed by atoms with Crippen molar-refractivity contribution < 1.29 is 9.13 Å². The van der Waals surface area contributed by atoms with Crippen molar-refractivity contribution in [2.45, 2.75) is 31.5 Å². The van der Waals surface area contributed by atoms with Gasteiger partial charge in [0, 0.05) is 36.4 Å². The molecule has 1 fully saturated rings. The molecule has 3 nitrogen and oxygen atoms in total. The predicted molar refractivity (Wildman–Crippen MR) is 97.4 cm³/mol. The number of hydrogen-bond donors (Lipinski definition) is 1. The number of nitrogens with zero attached hydrogens (tertiary/aromatic N) is 1. The van der Waals surface area contributed by atoms with Crippen molar-refractivity contribution in [2.75, 3.05) is 0 Å². The van der Waals surface area contributed by atoms with Crippen molar-refractivity contribution in [1.82, 2.24) is 10.3 Å². The Labute approximate surface area is 150 Å². The van der Waals surface area contributed by atoms with Crippen molar-refractivity contribution in [3.63, 3.8) is 0 Å². The maximum atomic E-state index is 13.2. The van der Waals surface area contributed by atoms with Gasteiger partial charge in [-0.05, 0) is 42.0 Å². The van der Waals surface area contributed by atoms with E-state index in [1.165, 1.54) is 23.1 Å². The quantitative estimate of drug-likeness (QED) is 0.717. The zero-order chi connectivity index (χ0) is 17.2. The van der Waals surface area contributed by atoms with Crippen LogP contribution in [0.3, 0.4) is 0 Å². The minimum Gasteiger partial charge on any atom is -0.489 e. The molecule has 2 atom stereocenters. The Morgan fingerprint density at radius 1 is 1.20 bits per heavy atom. The zero-order valence-corrected chi connectivity index (χ0v) is 14.3. The second-order valence-electron chi connectivity index (χ2n) is 6.31. The van der Waals surface area contributed by atoms with E-state index in [0.717, 1.165) is 24.8 Å². The van der Waals surface area contributed by atoms with Gasteiger partial charge in [-0.25, -0.2) is 4.39 Å². The van der Waals surface area contributed by atoms with Crippen LogP contribution in [0.25, 0.3) is 10.8 Å². The van der Waals surface area contributed by atoms with Gasteiger partial charge in [0.05, 0.1) is 5.02 Å². The molecule has 0 amide bonds. The Kier molecular flexibility index (Phi) is 4.55. The standard InChI is InChI=1S/C20H18ClFN2O/c21-17-10-15(4-5-18(17)22)25-20-7-6-19(20)24-12-14-3-1-2-13-11-23-9-8-16(13)14/h1-5,8-11,19-20,24H,6-7,12H2/t19-,20-/m1/s1. The van der Waals surface area contributed by atoms with Gasteiger partial charge in [-0.3, -0.25) is 4.98 Å². The molecule has 0 bridgehead atoms. The van der Waals surface area contributed by atoms with Crippen molar-refractivity contribution in [1.29, 1.82) is 0 Å². The van der Waals surface area contributed by atoms with E-state index in [0.29, 0.717) is 5.75 Å². The molecule has 1 heterocycles. The van der Waals surface area contributed by atoms with Crippen LogP contribution in [0.5, 0.6) is 5.75 Å². The van der Waals surface area contributed by atoms with Gasteiger partial charge in [0.25, 0.3) is 0 Å². The number of benzene rings is 2. The van der Waals surface area contributed by atoms with Crippen LogP contribution >= 0.6 is 11.6 Å². The van der Waals surface area contributed by atoms with Crippen molar-refractivity contribution >= 4 is 22.4 Å². The lowest BCUT2D eigenvalue weighted by Crippen LogP contribution is -2.50. The number of aromatic nitrogens is 1. The smallest absolute Gasteiger partial charge is 0.142 e. The lowest BCUT2D eigenvalue weighted by molar-refractivity contribution is 0.0718. The van der Waals surface area contributed by atoms with Gasteiger partial charge in [-0.15, -0.1) is 0 Å². The zero-order valence-electron chi connectivity index (χ0n) is 13.6. The maximum absolute atomic E-state index is 13.2. The third-order valence-corrected chi connectivity index (χ3v) is 5.00. The molecule has 0 radical (unpaired) electrons. The molecular formula is C20H18ClFN2O. The fourth-order valence-corrected chi connectivity index (χ4v) is 3.32. The molecule has 4 rings (SSSR count). The highest BCUT2D eigenvalue weighted by Gasteiger charge is 2.32. The molecule has 0 saturated heterocycles. The molecule has 25 heavy (non-hydrogen) atoms. The Balaban J connectivity index is 1.40. The summed E-state index contributed by atoms with van der Waals surface area (Å²) in [6.07, 6.45) is 5.82. The first-order valence-electron chi connectivity index (χ1n) is 8.37. The third kappa shape index (κ3) is 3.46. The number of ether oxygens (including phenoxy) is 1. The summed E-state index contributed by atoms with van der Waals surface area (Å²) >= 11 is 5.82. The Morgan fingerprint density at radius 3 is 2.92 bits per heavy atom. The molecule has 128 valence electrons. The summed E-state index contributed by atoms with van der Waals surface area (Å²) in [5.74, 6) is 0.182. The summed E-state index contributed by atoms with van der Waals surface area (Å²) < 4.78 is 19.2. The third-order valence-electron chi connectivity index (χ3n) is 4.72. The first kappa shape index (κ1) is 16.3. The van der Waals surface area contributed by atoms with E-state index < -0.39 is 5.82 Å². The number of hydrogen-bond acceptors (Lipinski definition) is 3. The van der Waals surface area contributed by atoms with Gasteiger partial charge in [-0.2, -0.15) is 0 Å². The summed E-state index contributed by atoms with van der Waals surface area (Å²) in [6, 6.07) is 13.1. The normalized spacial score (nSPS) is 19.6. The van der Waals surface area contributed by atoms with E-state index in [1.807, 2.05) is 18.5 Å². The van der Waals surface area contributed by atoms with Gasteiger partial charge in [-0.1, -0.05) is 29.8 Å². The van der Waals surface area contributed by atoms with Crippen LogP contribution < -0.4 is 10.1 Å². The number of halogens is 2. The number of nitrogens with one attached hydrogen (secondary N) is 1. The highest BCUT2D eigenvalue weighted by molar-refractivity contribution is 6.30. The number of pyridine rings is 1. The molecule has 3 aromatic rings. The Hall–Kier alpha value is -2.17. The second-order valence-corrected chi connectivity index (χ2v) is 6.72. The van der Waals surface area contributed by atoms with Crippen LogP contribution in [0, 0.1) is 5.82 Å². The van der Waals surface area contributed by atoms with Crippen molar-refractivity contribution in [3.05, 3.63) is 71.3 Å². The van der Waals surface area contributed by atoms with Crippen LogP contribution in [0.1, 0.15) is 18.4 Å². The molecule has 0 aliphatic heterocycles. The first-order valence-corrected chi connectivity index (χ1v) is 8.75. The van der Waals surface area contributed by atoms with Gasteiger partial charge >= 0.3 is 0 Å².